The van der Waals surface area contributed by atoms with Crippen molar-refractivity contribution in [3.63, 3.8) is 0 Å². The molecule has 0 saturated heterocycles. The molecule has 0 heterocycles. The maximum absolute atomic E-state index is 9.68. The largest absolute Gasteiger partial charge is 0.316 e. The standard InChI is InChI=1S/C6H12O.Mg.2H/c1-2-3-4-5-6-7;;;/h6H,2-5H2,1H3;;;. The molecule has 0 N–H and O–H groups in total. The zero-order valence-electron chi connectivity index (χ0n) is 4.81. The van der Waals surface area contributed by atoms with Gasteiger partial charge in [0.2, 0.25) is 0 Å². The van der Waals surface area contributed by atoms with Crippen molar-refractivity contribution in [1.82, 2.24) is 0 Å². The van der Waals surface area contributed by atoms with Gasteiger partial charge in [0.25, 0.3) is 0 Å². The van der Waals surface area contributed by atoms with Gasteiger partial charge in [-0.15, -0.1) is 0 Å². The second-order valence-electron chi connectivity index (χ2n) is 1.66. The number of aldehydes is 1. The maximum atomic E-state index is 9.68. The summed E-state index contributed by atoms with van der Waals surface area (Å²) in [6.45, 7) is 2.13. The van der Waals surface area contributed by atoms with Crippen LogP contribution in [0.1, 0.15) is 32.6 Å². The summed E-state index contributed by atoms with van der Waals surface area (Å²) in [5.74, 6) is 0. The molecule has 0 aliphatic carbocycles. The van der Waals surface area contributed by atoms with Crippen LogP contribution in [-0.2, 0) is 4.79 Å². The van der Waals surface area contributed by atoms with Gasteiger partial charge < -0.3 is 4.79 Å². The number of carbonyl (C=O) groups is 1. The van der Waals surface area contributed by atoms with Crippen LogP contribution in [0.5, 0.6) is 0 Å². The van der Waals surface area contributed by atoms with E-state index in [-0.39, 0.29) is 23.1 Å². The molecule has 8 heavy (non-hydrogen) atoms. The zero-order chi connectivity index (χ0) is 5.54. The van der Waals surface area contributed by atoms with Gasteiger partial charge in [0.1, 0.15) is 6.29 Å². The molecule has 0 aromatic carbocycles. The molecule has 0 saturated carbocycles. The van der Waals surface area contributed by atoms with Crippen molar-refractivity contribution in [3.8, 4) is 0 Å². The highest BCUT2D eigenvalue weighted by molar-refractivity contribution is 5.75. The molecule has 0 bridgehead atoms. The van der Waals surface area contributed by atoms with E-state index in [0.29, 0.717) is 0 Å². The summed E-state index contributed by atoms with van der Waals surface area (Å²) in [6.07, 6.45) is 5.19. The van der Waals surface area contributed by atoms with Crippen molar-refractivity contribution >= 4 is 29.3 Å². The molecular formula is C6H14MgO. The molecule has 0 amide bonds. The van der Waals surface area contributed by atoms with E-state index in [1.165, 1.54) is 12.8 Å². The predicted molar refractivity (Wildman–Crippen MR) is 38.8 cm³/mol. The molecule has 0 spiro atoms. The van der Waals surface area contributed by atoms with E-state index < -0.39 is 0 Å². The van der Waals surface area contributed by atoms with Crippen LogP contribution >= 0.6 is 0 Å². The van der Waals surface area contributed by atoms with E-state index in [2.05, 4.69) is 6.92 Å². The minimum absolute atomic E-state index is 0. The fourth-order valence-electron chi connectivity index (χ4n) is 0.478. The summed E-state index contributed by atoms with van der Waals surface area (Å²) >= 11 is 0. The SMILES string of the molecule is CCCCCC=O.[MgH2]. The Morgan fingerprint density at radius 2 is 2.00 bits per heavy atom. The number of unbranched alkanes of at least 4 members (excludes halogenated alkanes) is 3. The first-order valence-electron chi connectivity index (χ1n) is 2.85. The second kappa shape index (κ2) is 10.4. The Bertz CT molecular complexity index is 45.8. The lowest BCUT2D eigenvalue weighted by atomic mass is 10.2. The number of hydrogen-bond acceptors (Lipinski definition) is 1. The first kappa shape index (κ1) is 11.3. The Hall–Kier alpha value is 0.436. The Morgan fingerprint density at radius 3 is 2.38 bits per heavy atom. The summed E-state index contributed by atoms with van der Waals surface area (Å²) in [7, 11) is 0. The molecule has 0 aromatic rings. The van der Waals surface area contributed by atoms with E-state index in [1.54, 1.807) is 0 Å². The fourth-order valence-corrected chi connectivity index (χ4v) is 0.478. The second-order valence-corrected chi connectivity index (χ2v) is 1.66. The number of rotatable bonds is 4. The predicted octanol–water partition coefficient (Wildman–Crippen LogP) is 0.849. The average molecular weight is 126 g/mol. The lowest BCUT2D eigenvalue weighted by Gasteiger charge is -1.85. The fraction of sp³-hybridized carbons (Fsp3) is 0.833. The van der Waals surface area contributed by atoms with Gasteiger partial charge in [0, 0.05) is 6.42 Å². The molecule has 0 radical (unpaired) electrons. The van der Waals surface area contributed by atoms with Crippen LogP contribution in [0.4, 0.5) is 0 Å². The third-order valence-corrected chi connectivity index (χ3v) is 0.926. The Balaban J connectivity index is 0. The molecule has 1 nitrogen and oxygen atoms in total. The van der Waals surface area contributed by atoms with Gasteiger partial charge in [-0.1, -0.05) is 19.8 Å². The molecule has 0 fully saturated rings. The smallest absolute Gasteiger partial charge is 0.303 e. The summed E-state index contributed by atoms with van der Waals surface area (Å²) in [6, 6.07) is 0. The van der Waals surface area contributed by atoms with Gasteiger partial charge in [0.05, 0.1) is 0 Å². The molecule has 46 valence electrons. The monoisotopic (exact) mass is 126 g/mol. The Labute approximate surface area is 67.0 Å². The Morgan fingerprint density at radius 1 is 1.38 bits per heavy atom. The van der Waals surface area contributed by atoms with Crippen LogP contribution in [-0.4, -0.2) is 29.3 Å². The van der Waals surface area contributed by atoms with Crippen LogP contribution in [0.2, 0.25) is 0 Å². The topological polar surface area (TPSA) is 17.1 Å². The average Bonchev–Trinajstić information content (AvgIpc) is 1.69. The molecule has 0 unspecified atom stereocenters. The van der Waals surface area contributed by atoms with Gasteiger partial charge in [0.15, 0.2) is 0 Å². The van der Waals surface area contributed by atoms with E-state index in [9.17, 15) is 4.79 Å². The van der Waals surface area contributed by atoms with E-state index in [1.807, 2.05) is 0 Å². The van der Waals surface area contributed by atoms with Crippen LogP contribution in [0, 0.1) is 0 Å². The molecule has 0 atom stereocenters. The normalized spacial score (nSPS) is 7.62. The Kier molecular flexibility index (Phi) is 14.7. The quantitative estimate of drug-likeness (QED) is 0.310. The van der Waals surface area contributed by atoms with Gasteiger partial charge in [-0.25, -0.2) is 0 Å². The van der Waals surface area contributed by atoms with E-state index >= 15 is 0 Å². The van der Waals surface area contributed by atoms with Crippen LogP contribution < -0.4 is 0 Å². The van der Waals surface area contributed by atoms with Gasteiger partial charge in [-0.3, -0.25) is 0 Å². The minimum Gasteiger partial charge on any atom is -0.303 e. The molecule has 0 aliphatic rings. The highest BCUT2D eigenvalue weighted by Gasteiger charge is 1.80. The lowest BCUT2D eigenvalue weighted by molar-refractivity contribution is -0.107. The number of hydrogen-bond donors (Lipinski definition) is 0. The molecule has 2 heteroatoms. The van der Waals surface area contributed by atoms with Crippen molar-refractivity contribution < 1.29 is 4.79 Å². The lowest BCUT2D eigenvalue weighted by Crippen LogP contribution is -1.73. The van der Waals surface area contributed by atoms with E-state index in [0.717, 1.165) is 19.1 Å². The van der Waals surface area contributed by atoms with Crippen molar-refractivity contribution in [2.75, 3.05) is 0 Å². The van der Waals surface area contributed by atoms with Gasteiger partial charge in [-0.05, 0) is 6.42 Å². The van der Waals surface area contributed by atoms with Crippen LogP contribution in [0.3, 0.4) is 0 Å². The van der Waals surface area contributed by atoms with Crippen molar-refractivity contribution in [3.05, 3.63) is 0 Å². The van der Waals surface area contributed by atoms with Crippen molar-refractivity contribution in [1.29, 1.82) is 0 Å². The highest BCUT2D eigenvalue weighted by atomic mass is 24.3. The highest BCUT2D eigenvalue weighted by Crippen LogP contribution is 1.94. The van der Waals surface area contributed by atoms with Crippen LogP contribution in [0.25, 0.3) is 0 Å². The van der Waals surface area contributed by atoms with Crippen molar-refractivity contribution in [2.45, 2.75) is 32.6 Å². The zero-order valence-corrected chi connectivity index (χ0v) is 4.81. The number of carbonyl (C=O) groups excluding carboxylic acids is 1. The maximum Gasteiger partial charge on any atom is 0.316 e. The summed E-state index contributed by atoms with van der Waals surface area (Å²) < 4.78 is 0. The van der Waals surface area contributed by atoms with Gasteiger partial charge >= 0.3 is 23.1 Å². The van der Waals surface area contributed by atoms with Crippen LogP contribution in [0.15, 0.2) is 0 Å². The summed E-state index contributed by atoms with van der Waals surface area (Å²) in [5.41, 5.74) is 0. The first-order valence-corrected chi connectivity index (χ1v) is 2.85. The molecule has 0 rings (SSSR count). The molecule has 0 aromatic heterocycles. The van der Waals surface area contributed by atoms with Gasteiger partial charge in [-0.2, -0.15) is 0 Å². The summed E-state index contributed by atoms with van der Waals surface area (Å²) in [5, 5.41) is 0. The van der Waals surface area contributed by atoms with E-state index in [4.69, 9.17) is 0 Å². The van der Waals surface area contributed by atoms with Crippen molar-refractivity contribution in [2.24, 2.45) is 0 Å². The minimum atomic E-state index is 0. The molecule has 0 aliphatic heterocycles. The molecular weight excluding hydrogens is 112 g/mol. The first-order chi connectivity index (χ1) is 3.41. The third kappa shape index (κ3) is 9.66. The summed E-state index contributed by atoms with van der Waals surface area (Å²) in [4.78, 5) is 9.68. The third-order valence-electron chi connectivity index (χ3n) is 0.926.